The largest absolute Gasteiger partial charge is 0.389 e. The molecule has 1 fully saturated rings. The van der Waals surface area contributed by atoms with E-state index in [9.17, 15) is 9.90 Å². The van der Waals surface area contributed by atoms with Gasteiger partial charge in [0.25, 0.3) is 0 Å². The minimum Gasteiger partial charge on any atom is -0.389 e. The second-order valence-electron chi connectivity index (χ2n) is 10.3. The van der Waals surface area contributed by atoms with E-state index in [0.29, 0.717) is 44.8 Å². The number of aliphatic hydroxyl groups is 1. The number of piperidine rings is 1. The van der Waals surface area contributed by atoms with Crippen molar-refractivity contribution in [1.82, 2.24) is 14.6 Å². The fourth-order valence-electron chi connectivity index (χ4n) is 5.73. The minimum atomic E-state index is -0.811. The predicted octanol–water partition coefficient (Wildman–Crippen LogP) is 5.11. The van der Waals surface area contributed by atoms with Gasteiger partial charge in [-0.25, -0.2) is 0 Å². The number of amides is 1. The van der Waals surface area contributed by atoms with Crippen LogP contribution in [0.15, 0.2) is 53.9 Å². The minimum absolute atomic E-state index is 0.181. The average molecular weight is 490 g/mol. The first kappa shape index (κ1) is 24.2. The Morgan fingerprint density at radius 1 is 1.23 bits per heavy atom. The highest BCUT2D eigenvalue weighted by molar-refractivity contribution is 7.03. The number of hydrogen-bond acceptors (Lipinski definition) is 5. The Hall–Kier alpha value is -2.54. The van der Waals surface area contributed by atoms with E-state index in [1.54, 1.807) is 0 Å². The van der Waals surface area contributed by atoms with Crippen molar-refractivity contribution in [2.24, 2.45) is 0 Å². The van der Waals surface area contributed by atoms with Crippen molar-refractivity contribution in [2.75, 3.05) is 20.1 Å². The van der Waals surface area contributed by atoms with Crippen molar-refractivity contribution < 1.29 is 9.90 Å². The van der Waals surface area contributed by atoms with Gasteiger partial charge in [0, 0.05) is 42.9 Å². The summed E-state index contributed by atoms with van der Waals surface area (Å²) in [6.45, 7) is 3.32. The number of rotatable bonds is 7. The fraction of sp³-hybridized carbons (Fsp3) is 0.448. The van der Waals surface area contributed by atoms with Gasteiger partial charge in [-0.05, 0) is 84.6 Å². The van der Waals surface area contributed by atoms with Crippen LogP contribution < -0.4 is 5.32 Å². The number of nitrogens with one attached hydrogen (secondary N) is 1. The lowest BCUT2D eigenvalue weighted by atomic mass is 9.82. The van der Waals surface area contributed by atoms with Gasteiger partial charge in [-0.1, -0.05) is 43.3 Å². The molecule has 3 aromatic rings. The molecule has 2 unspecified atom stereocenters. The molecule has 0 spiro atoms. The summed E-state index contributed by atoms with van der Waals surface area (Å²) in [6.07, 6.45) is 4.47. The quantitative estimate of drug-likeness (QED) is 0.484. The lowest BCUT2D eigenvalue weighted by Crippen LogP contribution is -2.48. The third kappa shape index (κ3) is 5.20. The van der Waals surface area contributed by atoms with E-state index in [4.69, 9.17) is 0 Å². The number of benzene rings is 2. The zero-order chi connectivity index (χ0) is 24.4. The number of hydrogen-bond donors (Lipinski definition) is 2. The van der Waals surface area contributed by atoms with E-state index in [1.807, 2.05) is 35.5 Å². The second-order valence-corrected chi connectivity index (χ2v) is 10.9. The predicted molar refractivity (Wildman–Crippen MR) is 142 cm³/mol. The normalized spacial score (nSPS) is 20.0. The van der Waals surface area contributed by atoms with Gasteiger partial charge in [0.2, 0.25) is 5.91 Å². The van der Waals surface area contributed by atoms with Crippen LogP contribution in [0.25, 0.3) is 11.3 Å². The van der Waals surface area contributed by atoms with Gasteiger partial charge in [-0.2, -0.15) is 4.37 Å². The van der Waals surface area contributed by atoms with Crippen molar-refractivity contribution in [3.63, 3.8) is 0 Å². The highest BCUT2D eigenvalue weighted by Crippen LogP contribution is 2.39. The lowest BCUT2D eigenvalue weighted by Gasteiger charge is -2.39. The number of nitrogens with zero attached hydrogens (tertiary/aromatic N) is 2. The van der Waals surface area contributed by atoms with Gasteiger partial charge >= 0.3 is 0 Å². The highest BCUT2D eigenvalue weighted by atomic mass is 32.1. The van der Waals surface area contributed by atoms with E-state index >= 15 is 0 Å². The third-order valence-electron chi connectivity index (χ3n) is 7.92. The van der Waals surface area contributed by atoms with Crippen molar-refractivity contribution >= 4 is 17.4 Å². The maximum Gasteiger partial charge on any atom is 0.223 e. The van der Waals surface area contributed by atoms with Crippen LogP contribution in [0.3, 0.4) is 0 Å². The molecule has 1 saturated heterocycles. The molecule has 5 rings (SSSR count). The van der Waals surface area contributed by atoms with Gasteiger partial charge in [-0.3, -0.25) is 4.79 Å². The van der Waals surface area contributed by atoms with Gasteiger partial charge in [0.05, 0.1) is 11.3 Å². The van der Waals surface area contributed by atoms with Crippen molar-refractivity contribution in [1.29, 1.82) is 0 Å². The van der Waals surface area contributed by atoms with Crippen LogP contribution >= 0.6 is 11.5 Å². The maximum atomic E-state index is 13.0. The Kier molecular flexibility index (Phi) is 7.05. The van der Waals surface area contributed by atoms with Crippen molar-refractivity contribution in [3.05, 3.63) is 76.2 Å². The maximum absolute atomic E-state index is 13.0. The van der Waals surface area contributed by atoms with Crippen LogP contribution in [0.1, 0.15) is 66.8 Å². The standard InChI is InChI=1S/C29H35N3O2S/c1-20(21-6-4-3-5-7-21)16-28(33)32-13-11-29(34,12-14-32)19-23-18-24-22(8-9-26(24)30-2)17-25(23)27-10-15-35-31-27/h3-7,10,15,17-18,20,26,30,34H,8-9,11-14,16,19H2,1-2H3. The number of aryl methyl sites for hydroxylation is 1. The van der Waals surface area contributed by atoms with E-state index in [-0.39, 0.29) is 11.8 Å². The zero-order valence-corrected chi connectivity index (χ0v) is 21.5. The summed E-state index contributed by atoms with van der Waals surface area (Å²) in [6, 6.07) is 17.3. The first-order valence-electron chi connectivity index (χ1n) is 12.7. The smallest absolute Gasteiger partial charge is 0.223 e. The van der Waals surface area contributed by atoms with Gasteiger partial charge in [0.1, 0.15) is 0 Å². The van der Waals surface area contributed by atoms with E-state index in [0.717, 1.165) is 29.7 Å². The molecule has 0 saturated carbocycles. The molecule has 35 heavy (non-hydrogen) atoms. The Morgan fingerprint density at radius 3 is 2.69 bits per heavy atom. The molecule has 0 bridgehead atoms. The van der Waals surface area contributed by atoms with Crippen LogP contribution in [0.5, 0.6) is 0 Å². The monoisotopic (exact) mass is 489 g/mol. The summed E-state index contributed by atoms with van der Waals surface area (Å²) in [5.41, 5.74) is 6.42. The highest BCUT2D eigenvalue weighted by Gasteiger charge is 2.36. The molecular formula is C29H35N3O2S. The summed E-state index contributed by atoms with van der Waals surface area (Å²) in [5.74, 6) is 0.373. The van der Waals surface area contributed by atoms with Gasteiger partial charge in [0.15, 0.2) is 0 Å². The molecule has 2 aliphatic rings. The number of likely N-dealkylation sites (tertiary alicyclic amines) is 1. The number of fused-ring (bicyclic) bond motifs is 1. The van der Waals surface area contributed by atoms with E-state index < -0.39 is 5.60 Å². The topological polar surface area (TPSA) is 65.5 Å². The molecule has 2 aromatic carbocycles. The summed E-state index contributed by atoms with van der Waals surface area (Å²) >= 11 is 1.46. The SMILES string of the molecule is CNC1CCc2cc(-c3ccsn3)c(CC3(O)CCN(C(=O)CC(C)c4ccccc4)CC3)cc21. The summed E-state index contributed by atoms with van der Waals surface area (Å²) in [4.78, 5) is 14.9. The Labute approximate surface area is 212 Å². The summed E-state index contributed by atoms with van der Waals surface area (Å²) < 4.78 is 4.61. The Morgan fingerprint density at radius 2 is 2.00 bits per heavy atom. The molecule has 1 amide bonds. The van der Waals surface area contributed by atoms with Crippen LogP contribution in [-0.2, 0) is 17.6 Å². The molecule has 184 valence electrons. The zero-order valence-electron chi connectivity index (χ0n) is 20.7. The Bertz CT molecular complexity index is 1150. The first-order chi connectivity index (χ1) is 17.0. The first-order valence-corrected chi connectivity index (χ1v) is 13.6. The second kappa shape index (κ2) is 10.2. The van der Waals surface area contributed by atoms with Crippen LogP contribution in [0, 0.1) is 0 Å². The number of carbonyl (C=O) groups is 1. The van der Waals surface area contributed by atoms with Crippen LogP contribution in [-0.4, -0.2) is 46.0 Å². The summed E-state index contributed by atoms with van der Waals surface area (Å²) in [7, 11) is 2.02. The van der Waals surface area contributed by atoms with Crippen molar-refractivity contribution in [2.45, 2.75) is 63.0 Å². The molecular weight excluding hydrogens is 454 g/mol. The molecule has 2 heterocycles. The molecule has 1 aliphatic carbocycles. The lowest BCUT2D eigenvalue weighted by molar-refractivity contribution is -0.135. The molecule has 1 aliphatic heterocycles. The third-order valence-corrected chi connectivity index (χ3v) is 8.48. The average Bonchev–Trinajstić information content (AvgIpc) is 3.54. The molecule has 2 atom stereocenters. The molecule has 0 radical (unpaired) electrons. The van der Waals surface area contributed by atoms with Crippen LogP contribution in [0.4, 0.5) is 0 Å². The van der Waals surface area contributed by atoms with E-state index in [1.165, 1.54) is 28.2 Å². The van der Waals surface area contributed by atoms with E-state index in [2.05, 4.69) is 46.9 Å². The van der Waals surface area contributed by atoms with Crippen LogP contribution in [0.2, 0.25) is 0 Å². The summed E-state index contributed by atoms with van der Waals surface area (Å²) in [5, 5.41) is 17.1. The fourth-order valence-corrected chi connectivity index (χ4v) is 6.26. The Balaban J connectivity index is 1.29. The molecule has 2 N–H and O–H groups in total. The molecule has 5 nitrogen and oxygen atoms in total. The number of carbonyl (C=O) groups excluding carboxylic acids is 1. The number of aromatic nitrogens is 1. The molecule has 1 aromatic heterocycles. The van der Waals surface area contributed by atoms with Gasteiger partial charge in [-0.15, -0.1) is 0 Å². The van der Waals surface area contributed by atoms with Crippen molar-refractivity contribution in [3.8, 4) is 11.3 Å². The van der Waals surface area contributed by atoms with Gasteiger partial charge < -0.3 is 15.3 Å². The molecule has 6 heteroatoms.